The molecule has 0 aromatic rings. The van der Waals surface area contributed by atoms with Gasteiger partial charge in [-0.2, -0.15) is 5.26 Å². The average molecular weight is 148 g/mol. The van der Waals surface area contributed by atoms with Gasteiger partial charge in [0.25, 0.3) is 0 Å². The molecule has 0 aliphatic carbocycles. The lowest BCUT2D eigenvalue weighted by Gasteiger charge is -1.84. The zero-order chi connectivity index (χ0) is 7.54. The van der Waals surface area contributed by atoms with Gasteiger partial charge in [-0.3, -0.25) is 0 Å². The second kappa shape index (κ2) is 15.7. The van der Waals surface area contributed by atoms with Crippen LogP contribution in [-0.2, 0) is 0 Å². The van der Waals surface area contributed by atoms with Gasteiger partial charge in [0.1, 0.15) is 0 Å². The van der Waals surface area contributed by atoms with Crippen molar-refractivity contribution < 1.29 is 0 Å². The molecule has 0 spiro atoms. The van der Waals surface area contributed by atoms with Crippen LogP contribution in [0.15, 0.2) is 0 Å². The summed E-state index contributed by atoms with van der Waals surface area (Å²) in [5, 5.41) is 7.32. The van der Waals surface area contributed by atoms with Crippen LogP contribution in [0.25, 0.3) is 0 Å². The molecule has 0 aromatic carbocycles. The normalized spacial score (nSPS) is 6.89. The molecule has 0 atom stereocenters. The maximum absolute atomic E-state index is 7.32. The van der Waals surface area contributed by atoms with Crippen molar-refractivity contribution in [2.75, 3.05) is 5.88 Å². The Bertz CT molecular complexity index is 61.8. The van der Waals surface area contributed by atoms with Gasteiger partial charge in [0, 0.05) is 12.8 Å². The Morgan fingerprint density at radius 2 is 1.89 bits per heavy atom. The summed E-state index contributed by atoms with van der Waals surface area (Å²) in [5.41, 5.74) is 0. The van der Waals surface area contributed by atoms with E-state index in [1.165, 1.54) is 26.2 Å². The fourth-order valence-electron chi connectivity index (χ4n) is 0.344. The highest BCUT2D eigenvalue weighted by atomic mass is 35.5. The molecule has 1 nitrogen and oxygen atoms in total. The predicted molar refractivity (Wildman–Crippen MR) is 41.5 cm³/mol. The molecule has 0 fully saturated rings. The summed E-state index contributed by atoms with van der Waals surface area (Å²) in [7, 11) is 0. The van der Waals surface area contributed by atoms with Gasteiger partial charge in [-0.15, -0.1) is 11.6 Å². The molecular weight excluding hydrogens is 134 g/mol. The first-order valence-corrected chi connectivity index (χ1v) is 3.73. The van der Waals surface area contributed by atoms with E-state index in [0.717, 1.165) is 5.88 Å². The topological polar surface area (TPSA) is 23.8 Å². The van der Waals surface area contributed by atoms with Gasteiger partial charge in [-0.25, -0.2) is 0 Å². The number of alkyl halides is 1. The quantitative estimate of drug-likeness (QED) is 0.445. The third-order valence-corrected chi connectivity index (χ3v) is 1.00. The number of nitrogens with zero attached hydrogens (tertiary/aromatic N) is 1. The first-order valence-electron chi connectivity index (χ1n) is 3.20. The molecule has 0 rings (SSSR count). The molecule has 0 bridgehead atoms. The number of unbranched alkanes of at least 4 members (excludes halogenated alkanes) is 2. The van der Waals surface area contributed by atoms with Crippen LogP contribution < -0.4 is 0 Å². The highest BCUT2D eigenvalue weighted by Gasteiger charge is 1.76. The molecule has 0 heterocycles. The van der Waals surface area contributed by atoms with Crippen LogP contribution in [0.1, 0.15) is 33.1 Å². The summed E-state index contributed by atoms with van der Waals surface area (Å²) < 4.78 is 0. The summed E-state index contributed by atoms with van der Waals surface area (Å²) in [5.74, 6) is 0.827. The van der Waals surface area contributed by atoms with E-state index >= 15 is 0 Å². The van der Waals surface area contributed by atoms with Crippen molar-refractivity contribution in [3.05, 3.63) is 0 Å². The molecule has 0 N–H and O–H groups in total. The van der Waals surface area contributed by atoms with E-state index in [0.29, 0.717) is 0 Å². The van der Waals surface area contributed by atoms with Crippen LogP contribution in [-0.4, -0.2) is 5.88 Å². The van der Waals surface area contributed by atoms with Gasteiger partial charge in [0.2, 0.25) is 0 Å². The Morgan fingerprint density at radius 3 is 2.00 bits per heavy atom. The van der Waals surface area contributed by atoms with E-state index in [-0.39, 0.29) is 0 Å². The second-order valence-electron chi connectivity index (χ2n) is 1.62. The Hall–Kier alpha value is -0.220. The minimum absolute atomic E-state index is 0.827. The van der Waals surface area contributed by atoms with Gasteiger partial charge in [0.15, 0.2) is 0 Å². The smallest absolute Gasteiger partial charge is 0.0587 e. The van der Waals surface area contributed by atoms with E-state index in [4.69, 9.17) is 16.9 Å². The lowest BCUT2D eigenvalue weighted by molar-refractivity contribution is 0.776. The van der Waals surface area contributed by atoms with Crippen LogP contribution in [0, 0.1) is 11.3 Å². The van der Waals surface area contributed by atoms with Gasteiger partial charge in [0.05, 0.1) is 6.07 Å². The summed E-state index contributed by atoms with van der Waals surface area (Å²) in [4.78, 5) is 0. The zero-order valence-electron chi connectivity index (χ0n) is 6.15. The summed E-state index contributed by atoms with van der Waals surface area (Å²) in [6.07, 6.45) is 3.73. The van der Waals surface area contributed by atoms with E-state index < -0.39 is 0 Å². The van der Waals surface area contributed by atoms with Crippen LogP contribution >= 0.6 is 11.6 Å². The molecule has 0 radical (unpaired) electrons. The SMILES string of the molecule is CC#N.CCCCCCl. The second-order valence-corrected chi connectivity index (χ2v) is 2.00. The summed E-state index contributed by atoms with van der Waals surface area (Å²) in [6, 6.07) is 1.75. The molecule has 0 unspecified atom stereocenters. The summed E-state index contributed by atoms with van der Waals surface area (Å²) in [6.45, 7) is 3.60. The molecule has 0 saturated heterocycles. The predicted octanol–water partition coefficient (Wildman–Crippen LogP) is 2.95. The number of rotatable bonds is 3. The van der Waals surface area contributed by atoms with E-state index in [1.54, 1.807) is 6.07 Å². The van der Waals surface area contributed by atoms with Crippen molar-refractivity contribution in [3.8, 4) is 6.07 Å². The highest BCUT2D eigenvalue weighted by molar-refractivity contribution is 6.17. The zero-order valence-corrected chi connectivity index (χ0v) is 6.91. The van der Waals surface area contributed by atoms with E-state index in [9.17, 15) is 0 Å². The minimum Gasteiger partial charge on any atom is -0.199 e. The first kappa shape index (κ1) is 11.6. The maximum Gasteiger partial charge on any atom is 0.0587 e. The van der Waals surface area contributed by atoms with Crippen LogP contribution in [0.5, 0.6) is 0 Å². The maximum atomic E-state index is 7.32. The number of hydrogen-bond acceptors (Lipinski definition) is 1. The number of hydrogen-bond donors (Lipinski definition) is 0. The van der Waals surface area contributed by atoms with Crippen LogP contribution in [0.3, 0.4) is 0 Å². The minimum atomic E-state index is 0.827. The van der Waals surface area contributed by atoms with Crippen molar-refractivity contribution in [2.45, 2.75) is 33.1 Å². The first-order chi connectivity index (χ1) is 4.33. The van der Waals surface area contributed by atoms with Crippen molar-refractivity contribution in [2.24, 2.45) is 0 Å². The van der Waals surface area contributed by atoms with Gasteiger partial charge >= 0.3 is 0 Å². The molecule has 0 aliphatic rings. The van der Waals surface area contributed by atoms with Crippen molar-refractivity contribution in [3.63, 3.8) is 0 Å². The molecule has 0 saturated carbocycles. The number of nitriles is 1. The van der Waals surface area contributed by atoms with Crippen molar-refractivity contribution in [1.29, 1.82) is 5.26 Å². The summed E-state index contributed by atoms with van der Waals surface area (Å²) >= 11 is 5.38. The Balaban J connectivity index is 0. The lowest BCUT2D eigenvalue weighted by Crippen LogP contribution is -1.70. The van der Waals surface area contributed by atoms with Crippen molar-refractivity contribution in [1.82, 2.24) is 0 Å². The third kappa shape index (κ3) is 33.6. The van der Waals surface area contributed by atoms with Gasteiger partial charge < -0.3 is 0 Å². The fourth-order valence-corrected chi connectivity index (χ4v) is 0.533. The largest absolute Gasteiger partial charge is 0.199 e. The Kier molecular flexibility index (Phi) is 20.1. The standard InChI is InChI=1S/C5H11Cl.C2H3N/c1-2-3-4-5-6;1-2-3/h2-5H2,1H3;1H3. The molecule has 0 amide bonds. The van der Waals surface area contributed by atoms with Crippen molar-refractivity contribution >= 4 is 11.6 Å². The third-order valence-electron chi connectivity index (χ3n) is 0.737. The average Bonchev–Trinajstić information content (AvgIpc) is 1.86. The van der Waals surface area contributed by atoms with E-state index in [1.807, 2.05) is 0 Å². The molecule has 54 valence electrons. The van der Waals surface area contributed by atoms with Crippen LogP contribution in [0.2, 0.25) is 0 Å². The molecule has 0 aliphatic heterocycles. The lowest BCUT2D eigenvalue weighted by atomic mass is 10.3. The van der Waals surface area contributed by atoms with Gasteiger partial charge in [-0.1, -0.05) is 19.8 Å². The van der Waals surface area contributed by atoms with Crippen LogP contribution in [0.4, 0.5) is 0 Å². The van der Waals surface area contributed by atoms with Gasteiger partial charge in [-0.05, 0) is 6.42 Å². The highest BCUT2D eigenvalue weighted by Crippen LogP contribution is 1.93. The molecular formula is C7H14ClN. The Morgan fingerprint density at radius 1 is 1.44 bits per heavy atom. The fraction of sp³-hybridized carbons (Fsp3) is 0.857. The van der Waals surface area contributed by atoms with E-state index in [2.05, 4.69) is 6.92 Å². The monoisotopic (exact) mass is 147 g/mol. The molecule has 2 heteroatoms. The molecule has 9 heavy (non-hydrogen) atoms. The Labute approximate surface area is 62.6 Å². The molecule has 0 aromatic heterocycles. The number of halogens is 1.